The molecule has 0 amide bonds. The maximum Gasteiger partial charge on any atom is 0.231 e. The Labute approximate surface area is 174 Å². The zero-order valence-electron chi connectivity index (χ0n) is 16.1. The Kier molecular flexibility index (Phi) is 4.32. The van der Waals surface area contributed by atoms with Crippen molar-refractivity contribution in [2.75, 3.05) is 6.79 Å². The van der Waals surface area contributed by atoms with E-state index in [0.717, 1.165) is 52.4 Å². The molecule has 0 spiro atoms. The predicted octanol–water partition coefficient (Wildman–Crippen LogP) is 5.28. The van der Waals surface area contributed by atoms with Crippen LogP contribution in [0.3, 0.4) is 0 Å². The number of pyridine rings is 1. The molecule has 0 saturated heterocycles. The molecule has 3 aromatic rings. The lowest BCUT2D eigenvalue weighted by atomic mass is 9.88. The van der Waals surface area contributed by atoms with Gasteiger partial charge in [-0.2, -0.15) is 0 Å². The molecular formula is C24H20ClNO3. The number of rotatable bonds is 5. The highest BCUT2D eigenvalue weighted by Gasteiger charge is 2.50. The van der Waals surface area contributed by atoms with Crippen molar-refractivity contribution in [1.82, 2.24) is 4.98 Å². The van der Waals surface area contributed by atoms with Crippen LogP contribution in [0.15, 0.2) is 54.6 Å². The van der Waals surface area contributed by atoms with Crippen LogP contribution in [-0.4, -0.2) is 17.6 Å². The van der Waals surface area contributed by atoms with E-state index in [1.807, 2.05) is 61.5 Å². The van der Waals surface area contributed by atoms with Crippen LogP contribution in [0.25, 0.3) is 11.3 Å². The van der Waals surface area contributed by atoms with Crippen LogP contribution >= 0.6 is 11.6 Å². The number of benzene rings is 2. The largest absolute Gasteiger partial charge is 0.454 e. The molecule has 2 aliphatic rings. The highest BCUT2D eigenvalue weighted by Crippen LogP contribution is 2.51. The van der Waals surface area contributed by atoms with E-state index < -0.39 is 5.41 Å². The molecule has 0 atom stereocenters. The van der Waals surface area contributed by atoms with Crippen LogP contribution in [-0.2, 0) is 16.6 Å². The average molecular weight is 406 g/mol. The Morgan fingerprint density at radius 1 is 1.07 bits per heavy atom. The van der Waals surface area contributed by atoms with Gasteiger partial charge in [-0.3, -0.25) is 9.78 Å². The highest BCUT2D eigenvalue weighted by molar-refractivity contribution is 6.30. The summed E-state index contributed by atoms with van der Waals surface area (Å²) < 4.78 is 10.9. The van der Waals surface area contributed by atoms with Gasteiger partial charge in [0.15, 0.2) is 11.5 Å². The lowest BCUT2D eigenvalue weighted by Gasteiger charge is -2.15. The predicted molar refractivity (Wildman–Crippen MR) is 112 cm³/mol. The lowest BCUT2D eigenvalue weighted by molar-refractivity contribution is -0.120. The first-order valence-corrected chi connectivity index (χ1v) is 10.1. The standard InChI is InChI=1S/C24H20ClNO3/c1-15-11-17(25)6-7-19(15)20-4-2-3-18(26-20)13-23(27)24(9-10-24)16-5-8-21-22(12-16)29-14-28-21/h2-8,11-12H,9-10,13-14H2,1H3. The zero-order valence-corrected chi connectivity index (χ0v) is 16.8. The molecule has 4 nitrogen and oxygen atoms in total. The van der Waals surface area contributed by atoms with Crippen molar-refractivity contribution in [2.24, 2.45) is 0 Å². The van der Waals surface area contributed by atoms with Gasteiger partial charge in [-0.15, -0.1) is 0 Å². The number of hydrogen-bond donors (Lipinski definition) is 0. The molecule has 2 heterocycles. The van der Waals surface area contributed by atoms with Crippen LogP contribution in [0, 0.1) is 6.92 Å². The number of Topliss-reactive ketones (excluding diaryl/α,β-unsaturated/α-hetero) is 1. The molecule has 0 radical (unpaired) electrons. The third-order valence-electron chi connectivity index (χ3n) is 5.82. The van der Waals surface area contributed by atoms with E-state index in [1.165, 1.54) is 0 Å². The first-order chi connectivity index (χ1) is 14.0. The lowest BCUT2D eigenvalue weighted by Crippen LogP contribution is -2.23. The summed E-state index contributed by atoms with van der Waals surface area (Å²) in [5.74, 6) is 1.67. The van der Waals surface area contributed by atoms with Gasteiger partial charge >= 0.3 is 0 Å². The average Bonchev–Trinajstić information content (AvgIpc) is 3.39. The van der Waals surface area contributed by atoms with E-state index in [9.17, 15) is 4.79 Å². The molecular weight excluding hydrogens is 386 g/mol. The Hall–Kier alpha value is -2.85. The zero-order chi connectivity index (χ0) is 20.0. The second kappa shape index (κ2) is 6.89. The fourth-order valence-electron chi connectivity index (χ4n) is 4.02. The van der Waals surface area contributed by atoms with Crippen molar-refractivity contribution in [2.45, 2.75) is 31.6 Å². The normalized spacial score (nSPS) is 15.9. The number of fused-ring (bicyclic) bond motifs is 1. The van der Waals surface area contributed by atoms with Crippen molar-refractivity contribution < 1.29 is 14.3 Å². The number of ether oxygens (including phenoxy) is 2. The molecule has 1 saturated carbocycles. The number of carbonyl (C=O) groups excluding carboxylic acids is 1. The van der Waals surface area contributed by atoms with Gasteiger partial charge in [0.05, 0.1) is 11.1 Å². The maximum absolute atomic E-state index is 13.2. The van der Waals surface area contributed by atoms with E-state index in [4.69, 9.17) is 26.1 Å². The summed E-state index contributed by atoms with van der Waals surface area (Å²) in [7, 11) is 0. The molecule has 1 aliphatic heterocycles. The molecule has 0 bridgehead atoms. The molecule has 5 rings (SSSR count). The molecule has 1 aromatic heterocycles. The monoisotopic (exact) mass is 405 g/mol. The molecule has 0 unspecified atom stereocenters. The van der Waals surface area contributed by atoms with Crippen LogP contribution in [0.4, 0.5) is 0 Å². The summed E-state index contributed by atoms with van der Waals surface area (Å²) in [5.41, 5.74) is 4.32. The highest BCUT2D eigenvalue weighted by atomic mass is 35.5. The van der Waals surface area contributed by atoms with Gasteiger partial charge in [0.25, 0.3) is 0 Å². The van der Waals surface area contributed by atoms with E-state index in [-0.39, 0.29) is 12.6 Å². The Morgan fingerprint density at radius 2 is 1.90 bits per heavy atom. The molecule has 1 fully saturated rings. The maximum atomic E-state index is 13.2. The van der Waals surface area contributed by atoms with Crippen molar-refractivity contribution in [3.63, 3.8) is 0 Å². The van der Waals surface area contributed by atoms with Gasteiger partial charge in [-0.05, 0) is 67.3 Å². The fourth-order valence-corrected chi connectivity index (χ4v) is 4.25. The van der Waals surface area contributed by atoms with Crippen LogP contribution < -0.4 is 9.47 Å². The number of halogens is 1. The van der Waals surface area contributed by atoms with Gasteiger partial charge in [0.2, 0.25) is 6.79 Å². The summed E-state index contributed by atoms with van der Waals surface area (Å²) in [6, 6.07) is 17.4. The molecule has 1 aliphatic carbocycles. The summed E-state index contributed by atoms with van der Waals surface area (Å²) >= 11 is 6.07. The molecule has 0 N–H and O–H groups in total. The number of carbonyl (C=O) groups is 1. The second-order valence-electron chi connectivity index (χ2n) is 7.72. The molecule has 29 heavy (non-hydrogen) atoms. The smallest absolute Gasteiger partial charge is 0.231 e. The van der Waals surface area contributed by atoms with Crippen molar-refractivity contribution in [3.8, 4) is 22.8 Å². The first kappa shape index (κ1) is 18.2. The molecule has 146 valence electrons. The summed E-state index contributed by atoms with van der Waals surface area (Å²) in [5, 5.41) is 0.706. The SMILES string of the molecule is Cc1cc(Cl)ccc1-c1cccc(CC(=O)C2(c3ccc4c(c3)OCO4)CC2)n1. The molecule has 2 aromatic carbocycles. The van der Waals surface area contributed by atoms with Crippen molar-refractivity contribution in [3.05, 3.63) is 76.4 Å². The van der Waals surface area contributed by atoms with Crippen molar-refractivity contribution >= 4 is 17.4 Å². The molecule has 5 heteroatoms. The van der Waals surface area contributed by atoms with Gasteiger partial charge < -0.3 is 9.47 Å². The minimum absolute atomic E-state index is 0.203. The van der Waals surface area contributed by atoms with Gasteiger partial charge in [-0.1, -0.05) is 29.8 Å². The summed E-state index contributed by atoms with van der Waals surface area (Å²) in [6.07, 6.45) is 2.04. The van der Waals surface area contributed by atoms with Gasteiger partial charge in [0.1, 0.15) is 5.78 Å². The van der Waals surface area contributed by atoms with Gasteiger partial charge in [0, 0.05) is 22.7 Å². The Balaban J connectivity index is 1.40. The quantitative estimate of drug-likeness (QED) is 0.579. The van der Waals surface area contributed by atoms with E-state index in [0.29, 0.717) is 11.4 Å². The van der Waals surface area contributed by atoms with E-state index in [1.54, 1.807) is 0 Å². The summed E-state index contributed by atoms with van der Waals surface area (Å²) in [4.78, 5) is 18.0. The topological polar surface area (TPSA) is 48.4 Å². The number of nitrogens with zero attached hydrogens (tertiary/aromatic N) is 1. The van der Waals surface area contributed by atoms with E-state index in [2.05, 4.69) is 0 Å². The minimum Gasteiger partial charge on any atom is -0.454 e. The van der Waals surface area contributed by atoms with Gasteiger partial charge in [-0.25, -0.2) is 0 Å². The Morgan fingerprint density at radius 3 is 2.69 bits per heavy atom. The van der Waals surface area contributed by atoms with Crippen LogP contribution in [0.5, 0.6) is 11.5 Å². The summed E-state index contributed by atoms with van der Waals surface area (Å²) in [6.45, 7) is 2.25. The van der Waals surface area contributed by atoms with E-state index >= 15 is 0 Å². The minimum atomic E-state index is -0.422. The number of aryl methyl sites for hydroxylation is 1. The van der Waals surface area contributed by atoms with Crippen LogP contribution in [0.1, 0.15) is 29.7 Å². The van der Waals surface area contributed by atoms with Crippen LogP contribution in [0.2, 0.25) is 5.02 Å². The Bertz CT molecular complexity index is 1120. The fraction of sp³-hybridized carbons (Fsp3) is 0.250. The number of ketones is 1. The number of aromatic nitrogens is 1. The van der Waals surface area contributed by atoms with Crippen molar-refractivity contribution in [1.29, 1.82) is 0 Å². The second-order valence-corrected chi connectivity index (χ2v) is 8.16. The third-order valence-corrected chi connectivity index (χ3v) is 6.06. The first-order valence-electron chi connectivity index (χ1n) is 9.71. The third kappa shape index (κ3) is 3.28. The number of hydrogen-bond acceptors (Lipinski definition) is 4.